The van der Waals surface area contributed by atoms with E-state index in [0.717, 1.165) is 48.2 Å². The minimum atomic E-state index is -0.332. The molecule has 0 radical (unpaired) electrons. The van der Waals surface area contributed by atoms with Crippen molar-refractivity contribution in [3.8, 4) is 6.07 Å². The number of piperidine rings is 1. The van der Waals surface area contributed by atoms with Crippen LogP contribution in [0.15, 0.2) is 30.5 Å². The largest absolute Gasteiger partial charge is 0.368 e. The van der Waals surface area contributed by atoms with E-state index in [0.29, 0.717) is 17.8 Å². The molecule has 3 aromatic rings. The van der Waals surface area contributed by atoms with Crippen molar-refractivity contribution in [2.45, 2.75) is 32.4 Å². The van der Waals surface area contributed by atoms with E-state index < -0.39 is 0 Å². The van der Waals surface area contributed by atoms with Gasteiger partial charge in [0.2, 0.25) is 0 Å². The average molecular weight is 378 g/mol. The molecule has 1 fully saturated rings. The molecule has 0 spiro atoms. The number of aryl methyl sites for hydroxylation is 2. The maximum atomic E-state index is 14.4. The zero-order valence-corrected chi connectivity index (χ0v) is 16.1. The van der Waals surface area contributed by atoms with Gasteiger partial charge in [0.25, 0.3) is 0 Å². The number of rotatable bonds is 4. The highest BCUT2D eigenvalue weighted by Crippen LogP contribution is 2.24. The number of fused-ring (bicyclic) bond motifs is 1. The zero-order valence-electron chi connectivity index (χ0n) is 16.1. The number of hydrogen-bond acceptors (Lipinski definition) is 5. The summed E-state index contributed by atoms with van der Waals surface area (Å²) >= 11 is 0. The van der Waals surface area contributed by atoms with E-state index >= 15 is 0 Å². The fourth-order valence-electron chi connectivity index (χ4n) is 3.91. The summed E-state index contributed by atoms with van der Waals surface area (Å²) in [5, 5.41) is 18.0. The molecular weight excluding hydrogens is 355 g/mol. The van der Waals surface area contributed by atoms with Gasteiger partial charge in [0.1, 0.15) is 5.82 Å². The van der Waals surface area contributed by atoms with Crippen LogP contribution in [0.5, 0.6) is 0 Å². The third-order valence-corrected chi connectivity index (χ3v) is 5.35. The van der Waals surface area contributed by atoms with E-state index in [4.69, 9.17) is 5.26 Å². The second-order valence-electron chi connectivity index (χ2n) is 7.37. The average Bonchev–Trinajstić information content (AvgIpc) is 2.99. The van der Waals surface area contributed by atoms with Crippen molar-refractivity contribution in [1.29, 1.82) is 5.26 Å². The standard InChI is InChI=1S/C21H23FN6/c1-14-18-8-16(12-25-21(18)27(2)26-14)11-24-17-4-3-7-28(13-17)20-6-5-15(10-23)9-19(20)22/h5-6,8-9,12,17,24H,3-4,7,11,13H2,1-2H3/t17-/m0/s1. The van der Waals surface area contributed by atoms with Gasteiger partial charge in [-0.2, -0.15) is 10.4 Å². The van der Waals surface area contributed by atoms with Crippen molar-refractivity contribution in [3.05, 3.63) is 53.1 Å². The molecule has 1 aliphatic heterocycles. The summed E-state index contributed by atoms with van der Waals surface area (Å²) < 4.78 is 16.2. The second-order valence-corrected chi connectivity index (χ2v) is 7.37. The van der Waals surface area contributed by atoms with Gasteiger partial charge in [-0.15, -0.1) is 0 Å². The highest BCUT2D eigenvalue weighted by atomic mass is 19.1. The molecule has 1 saturated heterocycles. The van der Waals surface area contributed by atoms with Crippen LogP contribution in [0.1, 0.15) is 29.7 Å². The number of pyridine rings is 1. The van der Waals surface area contributed by atoms with E-state index in [2.05, 4.69) is 26.4 Å². The Morgan fingerprint density at radius 1 is 1.36 bits per heavy atom. The van der Waals surface area contributed by atoms with Gasteiger partial charge in [-0.3, -0.25) is 4.68 Å². The van der Waals surface area contributed by atoms with Gasteiger partial charge < -0.3 is 10.2 Å². The van der Waals surface area contributed by atoms with E-state index in [1.54, 1.807) is 16.8 Å². The van der Waals surface area contributed by atoms with Crippen molar-refractivity contribution in [2.24, 2.45) is 7.05 Å². The Kier molecular flexibility index (Phi) is 4.97. The molecule has 28 heavy (non-hydrogen) atoms. The summed E-state index contributed by atoms with van der Waals surface area (Å²) in [4.78, 5) is 6.59. The van der Waals surface area contributed by atoms with Crippen LogP contribution in [-0.2, 0) is 13.6 Å². The molecule has 1 atom stereocenters. The molecule has 0 unspecified atom stereocenters. The summed E-state index contributed by atoms with van der Waals surface area (Å²) in [5.41, 5.74) is 3.90. The van der Waals surface area contributed by atoms with Crippen molar-refractivity contribution >= 4 is 16.7 Å². The van der Waals surface area contributed by atoms with E-state index in [1.165, 1.54) is 6.07 Å². The molecule has 7 heteroatoms. The Morgan fingerprint density at radius 2 is 2.21 bits per heavy atom. The number of anilines is 1. The summed E-state index contributed by atoms with van der Waals surface area (Å²) in [6.45, 7) is 4.27. The van der Waals surface area contributed by atoms with Gasteiger partial charge in [-0.25, -0.2) is 9.37 Å². The van der Waals surface area contributed by atoms with Crippen molar-refractivity contribution in [2.75, 3.05) is 18.0 Å². The van der Waals surface area contributed by atoms with Crippen LogP contribution >= 0.6 is 0 Å². The van der Waals surface area contributed by atoms with Gasteiger partial charge in [-0.1, -0.05) is 0 Å². The second kappa shape index (κ2) is 7.56. The number of benzene rings is 1. The predicted molar refractivity (Wildman–Crippen MR) is 106 cm³/mol. The molecule has 0 saturated carbocycles. The van der Waals surface area contributed by atoms with Gasteiger partial charge in [0, 0.05) is 44.3 Å². The minimum absolute atomic E-state index is 0.273. The summed E-state index contributed by atoms with van der Waals surface area (Å²) in [5.74, 6) is -0.332. The predicted octanol–water partition coefficient (Wildman–Crippen LogP) is 3.05. The smallest absolute Gasteiger partial charge is 0.157 e. The molecule has 144 valence electrons. The number of nitrogens with zero attached hydrogens (tertiary/aromatic N) is 5. The Labute approximate surface area is 163 Å². The van der Waals surface area contributed by atoms with Gasteiger partial charge in [-0.05, 0) is 49.6 Å². The van der Waals surface area contributed by atoms with Crippen molar-refractivity contribution in [1.82, 2.24) is 20.1 Å². The number of halogens is 1. The Bertz CT molecular complexity index is 1050. The molecule has 6 nitrogen and oxygen atoms in total. The summed E-state index contributed by atoms with van der Waals surface area (Å²) in [6.07, 6.45) is 3.93. The first-order valence-corrected chi connectivity index (χ1v) is 9.51. The molecular formula is C21H23FN6. The van der Waals surface area contributed by atoms with Gasteiger partial charge in [0.15, 0.2) is 5.65 Å². The maximum Gasteiger partial charge on any atom is 0.157 e. The van der Waals surface area contributed by atoms with Crippen LogP contribution in [-0.4, -0.2) is 33.9 Å². The molecule has 1 aliphatic rings. The first-order valence-electron chi connectivity index (χ1n) is 9.51. The number of nitrogens with one attached hydrogen (secondary N) is 1. The number of hydrogen-bond donors (Lipinski definition) is 1. The van der Waals surface area contributed by atoms with Crippen molar-refractivity contribution in [3.63, 3.8) is 0 Å². The first-order chi connectivity index (χ1) is 13.5. The number of nitriles is 1. The number of aromatic nitrogens is 3. The summed E-state index contributed by atoms with van der Waals surface area (Å²) in [7, 11) is 1.90. The van der Waals surface area contributed by atoms with E-state index in [-0.39, 0.29) is 11.9 Å². The SMILES string of the molecule is Cc1nn(C)c2ncc(CN[C@H]3CCCN(c4ccc(C#N)cc4F)C3)cc12. The molecule has 1 aromatic carbocycles. The Hall–Kier alpha value is -2.98. The molecule has 4 rings (SSSR count). The van der Waals surface area contributed by atoms with Crippen LogP contribution in [0.25, 0.3) is 11.0 Å². The lowest BCUT2D eigenvalue weighted by atomic mass is 10.0. The lowest BCUT2D eigenvalue weighted by Crippen LogP contribution is -2.45. The van der Waals surface area contributed by atoms with Crippen LogP contribution in [0.2, 0.25) is 0 Å². The van der Waals surface area contributed by atoms with Crippen LogP contribution in [0, 0.1) is 24.1 Å². The first kappa shape index (κ1) is 18.4. The van der Waals surface area contributed by atoms with Gasteiger partial charge >= 0.3 is 0 Å². The lowest BCUT2D eigenvalue weighted by molar-refractivity contribution is 0.418. The molecule has 0 amide bonds. The van der Waals surface area contributed by atoms with Crippen LogP contribution in [0.4, 0.5) is 10.1 Å². The summed E-state index contributed by atoms with van der Waals surface area (Å²) in [6, 6.07) is 9.08. The molecule has 0 aliphatic carbocycles. The van der Waals surface area contributed by atoms with E-state index in [9.17, 15) is 4.39 Å². The monoisotopic (exact) mass is 378 g/mol. The van der Waals surface area contributed by atoms with Crippen LogP contribution in [0.3, 0.4) is 0 Å². The fraction of sp³-hybridized carbons (Fsp3) is 0.381. The highest BCUT2D eigenvalue weighted by Gasteiger charge is 2.22. The Morgan fingerprint density at radius 3 is 3.00 bits per heavy atom. The fourth-order valence-corrected chi connectivity index (χ4v) is 3.91. The van der Waals surface area contributed by atoms with E-state index in [1.807, 2.05) is 26.2 Å². The topological polar surface area (TPSA) is 69.8 Å². The lowest BCUT2D eigenvalue weighted by Gasteiger charge is -2.35. The van der Waals surface area contributed by atoms with Gasteiger partial charge in [0.05, 0.1) is 23.0 Å². The molecule has 0 bridgehead atoms. The quantitative estimate of drug-likeness (QED) is 0.756. The molecule has 3 heterocycles. The molecule has 1 N–H and O–H groups in total. The highest BCUT2D eigenvalue weighted by molar-refractivity contribution is 5.78. The molecule has 2 aromatic heterocycles. The normalized spacial score (nSPS) is 17.1. The minimum Gasteiger partial charge on any atom is -0.368 e. The Balaban J connectivity index is 1.43. The van der Waals surface area contributed by atoms with Crippen molar-refractivity contribution < 1.29 is 4.39 Å². The maximum absolute atomic E-state index is 14.4. The zero-order chi connectivity index (χ0) is 19.7. The third kappa shape index (κ3) is 3.56. The van der Waals surface area contributed by atoms with Crippen LogP contribution < -0.4 is 10.2 Å². The third-order valence-electron chi connectivity index (χ3n) is 5.35.